The van der Waals surface area contributed by atoms with Gasteiger partial charge in [0, 0.05) is 25.2 Å². The van der Waals surface area contributed by atoms with Gasteiger partial charge >= 0.3 is 0 Å². The van der Waals surface area contributed by atoms with Crippen molar-refractivity contribution in [2.75, 3.05) is 32.7 Å². The maximum atomic E-state index is 12.7. The van der Waals surface area contributed by atoms with Gasteiger partial charge in [-0.15, -0.1) is 0 Å². The van der Waals surface area contributed by atoms with E-state index in [4.69, 9.17) is 0 Å². The van der Waals surface area contributed by atoms with Crippen molar-refractivity contribution in [3.63, 3.8) is 0 Å². The van der Waals surface area contributed by atoms with Crippen LogP contribution in [0.25, 0.3) is 0 Å². The second-order valence-electron chi connectivity index (χ2n) is 9.13. The molecule has 0 bridgehead atoms. The third kappa shape index (κ3) is 5.36. The van der Waals surface area contributed by atoms with E-state index in [1.165, 1.54) is 76.7 Å². The Bertz CT molecular complexity index is 606. The zero-order valence-corrected chi connectivity index (χ0v) is 17.3. The van der Waals surface area contributed by atoms with Crippen molar-refractivity contribution in [3.8, 4) is 0 Å². The molecule has 154 valence electrons. The Labute approximate surface area is 170 Å². The zero-order valence-electron chi connectivity index (χ0n) is 17.3. The van der Waals surface area contributed by atoms with Crippen LogP contribution in [0.5, 0.6) is 0 Å². The minimum atomic E-state index is 0.213. The summed E-state index contributed by atoms with van der Waals surface area (Å²) in [7, 11) is 0. The summed E-state index contributed by atoms with van der Waals surface area (Å²) in [5, 5.41) is 3.34. The fourth-order valence-corrected chi connectivity index (χ4v) is 5.38. The highest BCUT2D eigenvalue weighted by Gasteiger charge is 2.32. The van der Waals surface area contributed by atoms with Gasteiger partial charge in [-0.3, -0.25) is 9.69 Å². The molecule has 1 aromatic rings. The van der Waals surface area contributed by atoms with Crippen molar-refractivity contribution in [2.45, 2.75) is 69.9 Å². The normalized spacial score (nSPS) is 25.8. The van der Waals surface area contributed by atoms with Crippen molar-refractivity contribution in [1.29, 1.82) is 0 Å². The highest BCUT2D eigenvalue weighted by Crippen LogP contribution is 2.25. The van der Waals surface area contributed by atoms with E-state index < -0.39 is 0 Å². The standard InChI is InChI=1S/C24H37N3O/c28-24(25-22-10-4-5-11-22)21-9-6-15-27(19-21)23-13-17-26(18-14-23)16-12-20-7-2-1-3-8-20/h1-3,7-8,21-23H,4-6,9-19H2,(H,25,28). The molecule has 1 amide bonds. The predicted molar refractivity (Wildman–Crippen MR) is 114 cm³/mol. The minimum Gasteiger partial charge on any atom is -0.353 e. The summed E-state index contributed by atoms with van der Waals surface area (Å²) in [4.78, 5) is 18.0. The lowest BCUT2D eigenvalue weighted by Crippen LogP contribution is -2.51. The second-order valence-corrected chi connectivity index (χ2v) is 9.13. The molecule has 4 rings (SSSR count). The monoisotopic (exact) mass is 383 g/mol. The van der Waals surface area contributed by atoms with Crippen LogP contribution in [-0.2, 0) is 11.2 Å². The van der Waals surface area contributed by atoms with Crippen LogP contribution in [0.2, 0.25) is 0 Å². The first kappa shape index (κ1) is 19.9. The quantitative estimate of drug-likeness (QED) is 0.817. The summed E-state index contributed by atoms with van der Waals surface area (Å²) >= 11 is 0. The van der Waals surface area contributed by atoms with Gasteiger partial charge in [-0.2, -0.15) is 0 Å². The van der Waals surface area contributed by atoms with Crippen LogP contribution in [0, 0.1) is 5.92 Å². The topological polar surface area (TPSA) is 35.6 Å². The van der Waals surface area contributed by atoms with E-state index in [1.807, 2.05) is 0 Å². The van der Waals surface area contributed by atoms with Crippen LogP contribution in [0.4, 0.5) is 0 Å². The second kappa shape index (κ2) is 9.89. The lowest BCUT2D eigenvalue weighted by atomic mass is 9.93. The van der Waals surface area contributed by atoms with Gasteiger partial charge in [0.2, 0.25) is 5.91 Å². The van der Waals surface area contributed by atoms with Crippen LogP contribution >= 0.6 is 0 Å². The van der Waals surface area contributed by atoms with Crippen molar-refractivity contribution < 1.29 is 4.79 Å². The molecule has 1 unspecified atom stereocenters. The molecule has 0 aromatic heterocycles. The van der Waals surface area contributed by atoms with E-state index in [9.17, 15) is 4.79 Å². The molecule has 0 spiro atoms. The van der Waals surface area contributed by atoms with Gasteiger partial charge in [0.1, 0.15) is 0 Å². The molecule has 1 aromatic carbocycles. The minimum absolute atomic E-state index is 0.213. The molecule has 4 nitrogen and oxygen atoms in total. The van der Waals surface area contributed by atoms with Gasteiger partial charge in [-0.05, 0) is 70.1 Å². The first-order valence-electron chi connectivity index (χ1n) is 11.6. The average molecular weight is 384 g/mol. The first-order chi connectivity index (χ1) is 13.8. The molecule has 4 heteroatoms. The van der Waals surface area contributed by atoms with E-state index in [2.05, 4.69) is 45.4 Å². The molecule has 1 N–H and O–H groups in total. The SMILES string of the molecule is O=C(NC1CCCC1)C1CCCN(C2CCN(CCc3ccccc3)CC2)C1. The maximum absolute atomic E-state index is 12.7. The number of nitrogens with one attached hydrogen (secondary N) is 1. The summed E-state index contributed by atoms with van der Waals surface area (Å²) in [5.74, 6) is 0.544. The molecule has 3 fully saturated rings. The fourth-order valence-electron chi connectivity index (χ4n) is 5.38. The number of rotatable bonds is 6. The van der Waals surface area contributed by atoms with Crippen LogP contribution in [0.1, 0.15) is 56.9 Å². The number of hydrogen-bond donors (Lipinski definition) is 1. The largest absolute Gasteiger partial charge is 0.353 e. The summed E-state index contributed by atoms with van der Waals surface area (Å²) in [6, 6.07) is 12.0. The van der Waals surface area contributed by atoms with Crippen LogP contribution < -0.4 is 5.32 Å². The van der Waals surface area contributed by atoms with Crippen molar-refractivity contribution >= 4 is 5.91 Å². The Kier molecular flexibility index (Phi) is 7.03. The maximum Gasteiger partial charge on any atom is 0.224 e. The summed E-state index contributed by atoms with van der Waals surface area (Å²) in [6.45, 7) is 5.73. The molecule has 2 heterocycles. The lowest BCUT2D eigenvalue weighted by Gasteiger charge is -2.42. The number of hydrogen-bond acceptors (Lipinski definition) is 3. The smallest absolute Gasteiger partial charge is 0.224 e. The third-order valence-electron chi connectivity index (χ3n) is 7.16. The van der Waals surface area contributed by atoms with Gasteiger partial charge in [0.25, 0.3) is 0 Å². The number of carbonyl (C=O) groups excluding carboxylic acids is 1. The number of piperidine rings is 2. The number of benzene rings is 1. The summed E-state index contributed by atoms with van der Waals surface area (Å²) < 4.78 is 0. The Morgan fingerprint density at radius 3 is 2.43 bits per heavy atom. The molecule has 3 aliphatic rings. The Balaban J connectivity index is 1.20. The van der Waals surface area contributed by atoms with Gasteiger partial charge in [-0.1, -0.05) is 43.2 Å². The molecule has 2 aliphatic heterocycles. The lowest BCUT2D eigenvalue weighted by molar-refractivity contribution is -0.127. The molecule has 1 atom stereocenters. The van der Waals surface area contributed by atoms with Crippen molar-refractivity contribution in [3.05, 3.63) is 35.9 Å². The molecule has 2 saturated heterocycles. The van der Waals surface area contributed by atoms with E-state index in [0.717, 1.165) is 19.4 Å². The molecular weight excluding hydrogens is 346 g/mol. The van der Waals surface area contributed by atoms with E-state index in [0.29, 0.717) is 18.0 Å². The number of amides is 1. The average Bonchev–Trinajstić information content (AvgIpc) is 3.26. The third-order valence-corrected chi connectivity index (χ3v) is 7.16. The number of likely N-dealkylation sites (tertiary alicyclic amines) is 2. The molecule has 28 heavy (non-hydrogen) atoms. The van der Waals surface area contributed by atoms with Gasteiger partial charge in [-0.25, -0.2) is 0 Å². The first-order valence-corrected chi connectivity index (χ1v) is 11.6. The molecule has 0 radical (unpaired) electrons. The van der Waals surface area contributed by atoms with Gasteiger partial charge < -0.3 is 10.2 Å². The predicted octanol–water partition coefficient (Wildman–Crippen LogP) is 3.46. The van der Waals surface area contributed by atoms with Crippen LogP contribution in [0.3, 0.4) is 0 Å². The Morgan fingerprint density at radius 1 is 0.929 bits per heavy atom. The van der Waals surface area contributed by atoms with Crippen molar-refractivity contribution in [1.82, 2.24) is 15.1 Å². The van der Waals surface area contributed by atoms with Crippen LogP contribution in [-0.4, -0.2) is 60.5 Å². The molecule has 1 aliphatic carbocycles. The molecular formula is C24H37N3O. The van der Waals surface area contributed by atoms with Gasteiger partial charge in [0.05, 0.1) is 5.92 Å². The van der Waals surface area contributed by atoms with E-state index in [-0.39, 0.29) is 5.92 Å². The zero-order chi connectivity index (χ0) is 19.2. The van der Waals surface area contributed by atoms with Gasteiger partial charge in [0.15, 0.2) is 0 Å². The number of nitrogens with zero attached hydrogens (tertiary/aromatic N) is 2. The van der Waals surface area contributed by atoms with Crippen molar-refractivity contribution in [2.24, 2.45) is 5.92 Å². The van der Waals surface area contributed by atoms with E-state index >= 15 is 0 Å². The Hall–Kier alpha value is -1.39. The van der Waals surface area contributed by atoms with E-state index in [1.54, 1.807) is 0 Å². The van der Waals surface area contributed by atoms with Crippen LogP contribution in [0.15, 0.2) is 30.3 Å². The summed E-state index contributed by atoms with van der Waals surface area (Å²) in [6.07, 6.45) is 10.8. The number of carbonyl (C=O) groups is 1. The fraction of sp³-hybridized carbons (Fsp3) is 0.708. The summed E-state index contributed by atoms with van der Waals surface area (Å²) in [5.41, 5.74) is 1.44. The highest BCUT2D eigenvalue weighted by atomic mass is 16.2. The highest BCUT2D eigenvalue weighted by molar-refractivity contribution is 5.79. The molecule has 1 saturated carbocycles. The Morgan fingerprint density at radius 2 is 1.68 bits per heavy atom.